The third kappa shape index (κ3) is 2.35. The number of amidine groups is 1. The van der Waals surface area contributed by atoms with Crippen molar-refractivity contribution in [2.75, 3.05) is 19.3 Å². The highest BCUT2D eigenvalue weighted by Crippen LogP contribution is 2.21. The van der Waals surface area contributed by atoms with E-state index >= 15 is 0 Å². The molecule has 0 amide bonds. The number of hydrogen-bond acceptors (Lipinski definition) is 4. The molecule has 1 heterocycles. The van der Waals surface area contributed by atoms with Gasteiger partial charge in [0.15, 0.2) is 5.17 Å². The van der Waals surface area contributed by atoms with Gasteiger partial charge in [-0.1, -0.05) is 29.4 Å². The van der Waals surface area contributed by atoms with Crippen molar-refractivity contribution in [3.05, 3.63) is 24.3 Å². The van der Waals surface area contributed by atoms with Gasteiger partial charge in [0.2, 0.25) is 0 Å². The minimum Gasteiger partial charge on any atom is -0.260 e. The Bertz CT molecular complexity index is 540. The molecule has 0 aliphatic carbocycles. The van der Waals surface area contributed by atoms with Crippen LogP contribution in [0.25, 0.3) is 0 Å². The lowest BCUT2D eigenvalue weighted by Crippen LogP contribution is -2.32. The molecule has 0 spiro atoms. The number of benzene rings is 1. The van der Waals surface area contributed by atoms with Crippen LogP contribution in [-0.4, -0.2) is 45.1 Å². The molecule has 1 aromatic rings. The first-order valence-corrected chi connectivity index (χ1v) is 7.90. The Balaban J connectivity index is 2.37. The Kier molecular flexibility index (Phi) is 3.49. The summed E-state index contributed by atoms with van der Waals surface area (Å²) in [7, 11) is -1.50. The minimum atomic E-state index is -3.44. The Morgan fingerprint density at radius 2 is 2.00 bits per heavy atom. The SMILES string of the molecule is Bc1ccc(S(=O)(=O)N2CCN=C2SC)cc1. The quantitative estimate of drug-likeness (QED) is 0.690. The van der Waals surface area contributed by atoms with E-state index in [2.05, 4.69) is 4.99 Å². The molecule has 0 bridgehead atoms. The van der Waals surface area contributed by atoms with Crippen molar-refractivity contribution in [2.45, 2.75) is 4.90 Å². The molecule has 0 aromatic heterocycles. The average molecular weight is 268 g/mol. The lowest BCUT2D eigenvalue weighted by Gasteiger charge is -2.18. The summed E-state index contributed by atoms with van der Waals surface area (Å²) in [6.07, 6.45) is 1.84. The number of nitrogens with zero attached hydrogens (tertiary/aromatic N) is 2. The molecule has 4 nitrogen and oxygen atoms in total. The maximum absolute atomic E-state index is 12.3. The molecule has 0 unspecified atom stereocenters. The monoisotopic (exact) mass is 268 g/mol. The third-order valence-electron chi connectivity index (χ3n) is 2.56. The van der Waals surface area contributed by atoms with E-state index in [0.29, 0.717) is 23.2 Å². The van der Waals surface area contributed by atoms with Crippen LogP contribution in [0, 0.1) is 0 Å². The molecule has 7 heteroatoms. The first kappa shape index (κ1) is 12.5. The van der Waals surface area contributed by atoms with Crippen molar-refractivity contribution in [3.63, 3.8) is 0 Å². The first-order chi connectivity index (χ1) is 8.05. The highest BCUT2D eigenvalue weighted by atomic mass is 32.2. The molecule has 0 saturated carbocycles. The fourth-order valence-electron chi connectivity index (χ4n) is 1.64. The Hall–Kier alpha value is -0.945. The van der Waals surface area contributed by atoms with Crippen LogP contribution >= 0.6 is 11.8 Å². The van der Waals surface area contributed by atoms with Crippen LogP contribution in [0.3, 0.4) is 0 Å². The molecule has 0 N–H and O–H groups in total. The van der Waals surface area contributed by atoms with Gasteiger partial charge in [0.05, 0.1) is 18.0 Å². The summed E-state index contributed by atoms with van der Waals surface area (Å²) in [5, 5.41) is 0.575. The molecule has 17 heavy (non-hydrogen) atoms. The molecule has 1 aliphatic heterocycles. The van der Waals surface area contributed by atoms with Crippen molar-refractivity contribution in [1.82, 2.24) is 4.31 Å². The van der Waals surface area contributed by atoms with E-state index in [0.717, 1.165) is 5.46 Å². The predicted molar refractivity (Wildman–Crippen MR) is 74.3 cm³/mol. The van der Waals surface area contributed by atoms with Crippen LogP contribution in [0.1, 0.15) is 0 Å². The van der Waals surface area contributed by atoms with Crippen molar-refractivity contribution in [1.29, 1.82) is 0 Å². The van der Waals surface area contributed by atoms with E-state index in [-0.39, 0.29) is 0 Å². The second kappa shape index (κ2) is 4.74. The Labute approximate surface area is 107 Å². The second-order valence-electron chi connectivity index (χ2n) is 3.76. The van der Waals surface area contributed by atoms with Gasteiger partial charge in [-0.05, 0) is 18.4 Å². The molecule has 90 valence electrons. The van der Waals surface area contributed by atoms with Crippen molar-refractivity contribution in [2.24, 2.45) is 4.99 Å². The summed E-state index contributed by atoms with van der Waals surface area (Å²) >= 11 is 1.36. The second-order valence-corrected chi connectivity index (χ2v) is 6.39. The smallest absolute Gasteiger partial charge is 0.260 e. The van der Waals surface area contributed by atoms with Gasteiger partial charge in [-0.3, -0.25) is 4.99 Å². The summed E-state index contributed by atoms with van der Waals surface area (Å²) in [6, 6.07) is 6.89. The maximum atomic E-state index is 12.3. The number of hydrogen-bond donors (Lipinski definition) is 0. The zero-order valence-corrected chi connectivity index (χ0v) is 11.4. The Morgan fingerprint density at radius 1 is 1.35 bits per heavy atom. The van der Waals surface area contributed by atoms with Gasteiger partial charge >= 0.3 is 0 Å². The van der Waals surface area contributed by atoms with Crippen LogP contribution in [0.15, 0.2) is 34.2 Å². The van der Waals surface area contributed by atoms with Crippen molar-refractivity contribution >= 4 is 40.3 Å². The van der Waals surface area contributed by atoms with E-state index in [9.17, 15) is 8.42 Å². The Morgan fingerprint density at radius 3 is 2.59 bits per heavy atom. The molecule has 1 aromatic carbocycles. The van der Waals surface area contributed by atoms with Gasteiger partial charge in [0.1, 0.15) is 7.85 Å². The highest BCUT2D eigenvalue weighted by molar-refractivity contribution is 8.14. The topological polar surface area (TPSA) is 49.7 Å². The average Bonchev–Trinajstić information content (AvgIpc) is 2.78. The lowest BCUT2D eigenvalue weighted by molar-refractivity contribution is 0.540. The fourth-order valence-corrected chi connectivity index (χ4v) is 3.99. The normalized spacial score (nSPS) is 16.1. The van der Waals surface area contributed by atoms with Gasteiger partial charge in [0.25, 0.3) is 10.0 Å². The largest absolute Gasteiger partial charge is 0.265 e. The molecular formula is C10H13BN2O2S2. The summed E-state index contributed by atoms with van der Waals surface area (Å²) in [5.41, 5.74) is 1.05. The standard InChI is InChI=1S/C10H13BN2O2S2/c1-16-10-12-6-7-13(10)17(14,15)9-4-2-8(11)3-5-9/h2-5H,6-7,11H2,1H3. The maximum Gasteiger partial charge on any atom is 0.265 e. The van der Waals surface area contributed by atoms with Crippen LogP contribution < -0.4 is 5.46 Å². The zero-order valence-electron chi connectivity index (χ0n) is 9.75. The number of rotatable bonds is 2. The van der Waals surface area contributed by atoms with Crippen molar-refractivity contribution in [3.8, 4) is 0 Å². The van der Waals surface area contributed by atoms with E-state index in [4.69, 9.17) is 0 Å². The summed E-state index contributed by atoms with van der Waals surface area (Å²) in [6.45, 7) is 0.980. The van der Waals surface area contributed by atoms with E-state index in [1.165, 1.54) is 16.1 Å². The highest BCUT2D eigenvalue weighted by Gasteiger charge is 2.29. The van der Waals surface area contributed by atoms with E-state index < -0.39 is 10.0 Å². The molecule has 0 atom stereocenters. The molecule has 0 radical (unpaired) electrons. The van der Waals surface area contributed by atoms with Crippen LogP contribution in [0.5, 0.6) is 0 Å². The van der Waals surface area contributed by atoms with Crippen LogP contribution in [-0.2, 0) is 10.0 Å². The number of thioether (sulfide) groups is 1. The van der Waals surface area contributed by atoms with E-state index in [1.54, 1.807) is 24.3 Å². The number of sulfonamides is 1. The summed E-state index contributed by atoms with van der Waals surface area (Å²) < 4.78 is 26.1. The van der Waals surface area contributed by atoms with Crippen LogP contribution in [0.4, 0.5) is 0 Å². The van der Waals surface area contributed by atoms with E-state index in [1.807, 2.05) is 14.1 Å². The van der Waals surface area contributed by atoms with Gasteiger partial charge in [-0.2, -0.15) is 0 Å². The molecule has 0 fully saturated rings. The molecule has 2 rings (SSSR count). The van der Waals surface area contributed by atoms with Gasteiger partial charge in [-0.15, -0.1) is 0 Å². The molecular weight excluding hydrogens is 255 g/mol. The van der Waals surface area contributed by atoms with Gasteiger partial charge in [0, 0.05) is 0 Å². The van der Waals surface area contributed by atoms with Crippen LogP contribution in [0.2, 0.25) is 0 Å². The first-order valence-electron chi connectivity index (χ1n) is 5.23. The fraction of sp³-hybridized carbons (Fsp3) is 0.300. The molecule has 1 aliphatic rings. The predicted octanol–water partition coefficient (Wildman–Crippen LogP) is -0.332. The van der Waals surface area contributed by atoms with Gasteiger partial charge in [-0.25, -0.2) is 12.7 Å². The minimum absolute atomic E-state index is 0.326. The van der Waals surface area contributed by atoms with Crippen molar-refractivity contribution < 1.29 is 8.42 Å². The zero-order chi connectivity index (χ0) is 12.5. The third-order valence-corrected chi connectivity index (χ3v) is 5.19. The summed E-state index contributed by atoms with van der Waals surface area (Å²) in [5.74, 6) is 0. The number of aliphatic imine (C=N–C) groups is 1. The van der Waals surface area contributed by atoms with Gasteiger partial charge < -0.3 is 0 Å². The lowest BCUT2D eigenvalue weighted by atomic mass is 9.97. The molecule has 0 saturated heterocycles. The summed E-state index contributed by atoms with van der Waals surface area (Å²) in [4.78, 5) is 4.50.